The van der Waals surface area contributed by atoms with E-state index in [1.807, 2.05) is 0 Å². The van der Waals surface area contributed by atoms with Gasteiger partial charge in [-0.15, -0.1) is 5.05 Å². The molecule has 0 aliphatic heterocycles. The molecule has 0 fully saturated rings. The summed E-state index contributed by atoms with van der Waals surface area (Å²) in [6.07, 6.45) is -6.52. The highest BCUT2D eigenvalue weighted by Gasteiger charge is 2.58. The predicted octanol–water partition coefficient (Wildman–Crippen LogP) is 4.44. The second-order valence-electron chi connectivity index (χ2n) is 3.64. The van der Waals surface area contributed by atoms with Crippen LogP contribution in [0.1, 0.15) is 24.2 Å². The summed E-state index contributed by atoms with van der Waals surface area (Å²) in [6.45, 7) is 1.39. The van der Waals surface area contributed by atoms with Crippen LogP contribution < -0.4 is 0 Å². The Morgan fingerprint density at radius 1 is 1.11 bits per heavy atom. The molecule has 106 valence electrons. The van der Waals surface area contributed by atoms with Crippen LogP contribution in [0.5, 0.6) is 0 Å². The summed E-state index contributed by atoms with van der Waals surface area (Å²) in [4.78, 5) is 0. The van der Waals surface area contributed by atoms with Crippen molar-refractivity contribution in [3.63, 3.8) is 0 Å². The minimum atomic E-state index is -5.61. The molecule has 0 aliphatic rings. The maximum Gasteiger partial charge on any atom is 0.465 e. The summed E-state index contributed by atoms with van der Waals surface area (Å²) in [6, 6.07) is 3.41. The lowest BCUT2D eigenvalue weighted by Gasteiger charge is -2.20. The molecule has 8 heteroatoms. The highest BCUT2D eigenvalue weighted by Crippen LogP contribution is 2.43. The molecule has 1 nitrogen and oxygen atoms in total. The smallest absolute Gasteiger partial charge is 0.389 e. The number of hydrogen-bond acceptors (Lipinski definition) is 1. The highest BCUT2D eigenvalue weighted by atomic mass is 79.9. The predicted molar refractivity (Wildman–Crippen MR) is 67.6 cm³/mol. The van der Waals surface area contributed by atoms with Crippen molar-refractivity contribution in [2.24, 2.45) is 0 Å². The van der Waals surface area contributed by atoms with Crippen molar-refractivity contribution in [2.75, 3.05) is 0 Å². The van der Waals surface area contributed by atoms with Gasteiger partial charge in [0.05, 0.1) is 6.10 Å². The summed E-state index contributed by atoms with van der Waals surface area (Å²) in [5.41, 5.74) is -0.855. The number of halogens is 6. The van der Waals surface area contributed by atoms with Gasteiger partial charge in [-0.05, 0) is 12.5 Å². The summed E-state index contributed by atoms with van der Waals surface area (Å²) in [5.74, 6) is -4.87. The highest BCUT2D eigenvalue weighted by molar-refractivity contribution is 9.23. The molecule has 1 aromatic rings. The van der Waals surface area contributed by atoms with Gasteiger partial charge >= 0.3 is 30.3 Å². The van der Waals surface area contributed by atoms with Crippen LogP contribution in [0, 0.1) is 0 Å². The van der Waals surface area contributed by atoms with Gasteiger partial charge in [0, 0.05) is 5.56 Å². The molecule has 1 atom stereocenters. The number of alkyl halides is 5. The minimum Gasteiger partial charge on any atom is -0.389 e. The van der Waals surface area contributed by atoms with Crippen LogP contribution in [-0.4, -0.2) is 29.5 Å². The first kappa shape index (κ1) is 19.1. The van der Waals surface area contributed by atoms with Crippen LogP contribution in [0.3, 0.4) is 0 Å². The second-order valence-corrected chi connectivity index (χ2v) is 7.54. The maximum atomic E-state index is 12.8. The van der Waals surface area contributed by atoms with E-state index >= 15 is 0 Å². The van der Waals surface area contributed by atoms with Crippen LogP contribution in [-0.2, 0) is 5.92 Å². The molecule has 0 spiro atoms. The molecule has 0 aliphatic carbocycles. The van der Waals surface area contributed by atoms with Gasteiger partial charge in [-0.25, -0.2) is 0 Å². The van der Waals surface area contributed by atoms with Crippen molar-refractivity contribution < 1.29 is 27.1 Å². The second kappa shape index (κ2) is 7.75. The van der Waals surface area contributed by atoms with Gasteiger partial charge in [-0.1, -0.05) is 24.3 Å². The zero-order chi connectivity index (χ0) is 15.3. The van der Waals surface area contributed by atoms with Crippen molar-refractivity contribution >= 4 is 31.1 Å². The topological polar surface area (TPSA) is 20.2 Å². The third-order valence-electron chi connectivity index (χ3n) is 2.11. The van der Waals surface area contributed by atoms with Crippen molar-refractivity contribution in [3.8, 4) is 0 Å². The van der Waals surface area contributed by atoms with Gasteiger partial charge in [-0.2, -0.15) is 22.0 Å². The Kier molecular flexibility index (Phi) is 7.78. The molecule has 0 radical (unpaired) electrons. The van der Waals surface area contributed by atoms with E-state index in [4.69, 9.17) is 5.11 Å². The van der Waals surface area contributed by atoms with Crippen molar-refractivity contribution in [2.45, 2.75) is 30.2 Å². The lowest BCUT2D eigenvalue weighted by atomic mass is 10.0. The fraction of sp³-hybridized carbons (Fsp3) is 0.455. The zero-order valence-corrected chi connectivity index (χ0v) is 13.3. The average Bonchev–Trinajstić information content (AvgIpc) is 2.28. The molecule has 0 heterocycles. The quantitative estimate of drug-likeness (QED) is 0.611. The first-order valence-corrected chi connectivity index (χ1v) is 10.7. The molecule has 0 amide bonds. The van der Waals surface area contributed by atoms with E-state index in [1.165, 1.54) is 6.92 Å². The lowest BCUT2D eigenvalue weighted by Crippen LogP contribution is -2.33. The maximum absolute atomic E-state index is 12.8. The van der Waals surface area contributed by atoms with Crippen LogP contribution >= 0.6 is 12.9 Å². The van der Waals surface area contributed by atoms with E-state index in [9.17, 15) is 22.0 Å². The normalized spacial score (nSPS) is 13.1. The Morgan fingerprint density at radius 3 is 1.74 bits per heavy atom. The van der Waals surface area contributed by atoms with Crippen LogP contribution in [0.15, 0.2) is 24.3 Å². The Labute approximate surface area is 123 Å². The summed E-state index contributed by atoms with van der Waals surface area (Å²) in [7, 11) is 0. The molecule has 1 N–H and O–H groups in total. The summed E-state index contributed by atoms with van der Waals surface area (Å²) < 4.78 is 61.6. The van der Waals surface area contributed by atoms with E-state index in [-0.39, 0.29) is 23.8 Å². The summed E-state index contributed by atoms with van der Waals surface area (Å²) in [5, 5.41) is 11.2. The van der Waals surface area contributed by atoms with Gasteiger partial charge < -0.3 is 18.0 Å². The molecular formula is C11H12BrF5MgO. The third kappa shape index (κ3) is 5.53. The SMILES string of the molecule is CC(O)c1ccc(C(F)(F)C(F)(F)F)cc1.[CH3][Mg][Br]. The number of aliphatic hydroxyl groups is 1. The van der Waals surface area contributed by atoms with Gasteiger partial charge in [0.2, 0.25) is 0 Å². The van der Waals surface area contributed by atoms with E-state index < -0.39 is 23.8 Å². The van der Waals surface area contributed by atoms with Crippen LogP contribution in [0.4, 0.5) is 22.0 Å². The molecule has 0 aromatic heterocycles. The van der Waals surface area contributed by atoms with Gasteiger partial charge in [-0.3, -0.25) is 0 Å². The molecule has 19 heavy (non-hydrogen) atoms. The van der Waals surface area contributed by atoms with Gasteiger partial charge in [0.25, 0.3) is 0 Å². The lowest BCUT2D eigenvalue weighted by molar-refractivity contribution is -0.289. The van der Waals surface area contributed by atoms with Gasteiger partial charge in [0.15, 0.2) is 0 Å². The summed E-state index contributed by atoms with van der Waals surface area (Å²) >= 11 is 3.51. The largest absolute Gasteiger partial charge is 0.465 e. The monoisotopic (exact) mass is 358 g/mol. The minimum absolute atomic E-state index is 0.229. The van der Waals surface area contributed by atoms with Crippen molar-refractivity contribution in [3.05, 3.63) is 35.4 Å². The third-order valence-corrected chi connectivity index (χ3v) is 2.11. The molecule has 1 unspecified atom stereocenters. The standard InChI is InChI=1S/C10H9F5O.CH3.BrH.Mg/c1-6(16)7-2-4-8(5-3-7)9(11,12)10(13,14)15;;;/h2-6,16H,1H3;1H3;1H;/q;;;+1/p-1. The Morgan fingerprint density at radius 2 is 1.47 bits per heavy atom. The van der Waals surface area contributed by atoms with Crippen LogP contribution in [0.25, 0.3) is 0 Å². The fourth-order valence-electron chi connectivity index (χ4n) is 1.13. The van der Waals surface area contributed by atoms with Crippen molar-refractivity contribution in [1.29, 1.82) is 0 Å². The number of benzene rings is 1. The van der Waals surface area contributed by atoms with Gasteiger partial charge in [0.1, 0.15) is 0 Å². The van der Waals surface area contributed by atoms with Crippen LogP contribution in [0.2, 0.25) is 5.05 Å². The number of rotatable bonds is 2. The first-order chi connectivity index (χ1) is 8.57. The molecular weight excluding hydrogens is 347 g/mol. The number of hydrogen-bond donors (Lipinski definition) is 1. The Hall–Kier alpha value is 0.0762. The molecule has 0 saturated carbocycles. The van der Waals surface area contributed by atoms with E-state index in [1.54, 1.807) is 0 Å². The Bertz CT molecular complexity index is 378. The van der Waals surface area contributed by atoms with E-state index in [0.29, 0.717) is 12.1 Å². The molecule has 1 rings (SSSR count). The van der Waals surface area contributed by atoms with E-state index in [2.05, 4.69) is 17.9 Å². The molecule has 1 aromatic carbocycles. The Balaban J connectivity index is 0.000000982. The molecule has 0 bridgehead atoms. The van der Waals surface area contributed by atoms with E-state index in [0.717, 1.165) is 12.1 Å². The first-order valence-electron chi connectivity index (χ1n) is 5.36. The fourth-order valence-corrected chi connectivity index (χ4v) is 1.13. The zero-order valence-electron chi connectivity index (χ0n) is 10.3. The van der Waals surface area contributed by atoms with Crippen molar-refractivity contribution in [1.82, 2.24) is 0 Å². The molecule has 0 saturated heterocycles. The average molecular weight is 359 g/mol. The number of aliphatic hydroxyl groups excluding tert-OH is 1.